The number of hydrogen-bond acceptors (Lipinski definition) is 10. The summed E-state index contributed by atoms with van der Waals surface area (Å²) in [5, 5.41) is 8.39. The summed E-state index contributed by atoms with van der Waals surface area (Å²) in [6.07, 6.45) is 23.1. The summed E-state index contributed by atoms with van der Waals surface area (Å²) in [6, 6.07) is 76.9. The Labute approximate surface area is 742 Å². The Kier molecular flexibility index (Phi) is 35.9. The number of halogens is 3. The normalized spacial score (nSPS) is 22.2. The topological polar surface area (TPSA) is 154 Å². The van der Waals surface area contributed by atoms with Gasteiger partial charge in [-0.1, -0.05) is 222 Å². The average Bonchev–Trinajstić information content (AvgIpc) is 1.52. The first-order chi connectivity index (χ1) is 57.9. The second-order valence-electron chi connectivity index (χ2n) is 33.2. The number of fused-ring (bicyclic) bond motifs is 6. The smallest absolute Gasteiger partial charge is 0.0134 e. The molecule has 12 nitrogen and oxygen atoms in total. The molecular formula is C100H123BrCl2N6O6P2PdSn. The van der Waals surface area contributed by atoms with Crippen LogP contribution >= 0.6 is 50.8 Å². The van der Waals surface area contributed by atoms with E-state index in [-0.39, 0.29) is 62.9 Å². The molecule has 4 fully saturated rings. The molecule has 0 radical (unpaired) electrons. The van der Waals surface area contributed by atoms with E-state index in [9.17, 15) is 9.59 Å². The van der Waals surface area contributed by atoms with Crippen molar-refractivity contribution in [2.24, 2.45) is 44.1 Å². The zero-order chi connectivity index (χ0) is 84.4. The van der Waals surface area contributed by atoms with Gasteiger partial charge < -0.3 is 30.4 Å². The molecule has 4 atom stereocenters. The summed E-state index contributed by atoms with van der Waals surface area (Å²) >= 11 is 1.42. The molecule has 16 rings (SSSR count). The Morgan fingerprint density at radius 2 is 0.807 bits per heavy atom. The van der Waals surface area contributed by atoms with Crippen molar-refractivity contribution in [1.82, 2.24) is 9.80 Å². The predicted molar refractivity (Wildman–Crippen MR) is 501 cm³/mol. The van der Waals surface area contributed by atoms with Crippen molar-refractivity contribution >= 4 is 125 Å². The van der Waals surface area contributed by atoms with E-state index in [1.165, 1.54) is 107 Å². The van der Waals surface area contributed by atoms with Crippen molar-refractivity contribution in [2.45, 2.75) is 212 Å². The van der Waals surface area contributed by atoms with E-state index in [1.807, 2.05) is 19.9 Å². The Bertz CT molecular complexity index is 4410. The molecule has 4 N–H and O–H groups in total. The van der Waals surface area contributed by atoms with Crippen molar-refractivity contribution in [1.29, 1.82) is 0 Å². The fraction of sp³-hybridized carbons (Fsp3) is 0.440. The summed E-state index contributed by atoms with van der Waals surface area (Å²) < 4.78 is 31.4. The van der Waals surface area contributed by atoms with Crippen LogP contribution in [-0.2, 0) is 68.4 Å². The second kappa shape index (κ2) is 45.6. The van der Waals surface area contributed by atoms with Gasteiger partial charge in [0.15, 0.2) is 23.0 Å². The SMILES string of the molecule is CCC[CH2][Sn]([C]#CC1CC1)([CH2]CCC)[CH2]CCC.COCC(C)N1C(=O)C2(N=C1N)c1cc(Br)ccc1CC21CCC(OC)CC1.COCC(C)N1C(=O)C2(N=C1N)c1cc(C#CC3CC3)ccc1CC21CCC(OC)CC1.[Cl][Pd][Cl].c1ccc(P(c2ccccc2)c2ccccc2)cc1.c1ccc(P(c2ccccc2)c2ccccc2)cc1. The van der Waals surface area contributed by atoms with Crippen LogP contribution in [0.1, 0.15) is 178 Å². The first-order valence-corrected chi connectivity index (χ1v) is 58.0. The molecule has 19 heteroatoms. The molecule has 2 amide bonds. The van der Waals surface area contributed by atoms with Crippen molar-refractivity contribution in [3.63, 3.8) is 0 Å². The van der Waals surface area contributed by atoms with Gasteiger partial charge in [0.1, 0.15) is 0 Å². The zero-order valence-corrected chi connectivity index (χ0v) is 80.5. The van der Waals surface area contributed by atoms with E-state index in [2.05, 4.69) is 271 Å². The number of benzene rings is 8. The van der Waals surface area contributed by atoms with Gasteiger partial charge in [-0.05, 0) is 185 Å². The summed E-state index contributed by atoms with van der Waals surface area (Å²) in [4.78, 5) is 41.5. The van der Waals surface area contributed by atoms with Gasteiger partial charge >= 0.3 is 155 Å². The molecule has 2 heterocycles. The van der Waals surface area contributed by atoms with Gasteiger partial charge in [-0.15, -0.1) is 0 Å². The molecule has 0 aromatic heterocycles. The maximum atomic E-state index is 14.2. The molecule has 119 heavy (non-hydrogen) atoms. The Morgan fingerprint density at radius 1 is 0.487 bits per heavy atom. The number of unbranched alkanes of at least 4 members (excludes halogenated alkanes) is 3. The number of carbonyl (C=O) groups excluding carboxylic acids is 2. The van der Waals surface area contributed by atoms with E-state index in [0.29, 0.717) is 31.1 Å². The molecule has 0 bridgehead atoms. The van der Waals surface area contributed by atoms with Crippen LogP contribution in [0.2, 0.25) is 13.3 Å². The van der Waals surface area contributed by atoms with E-state index in [0.717, 1.165) is 91.3 Å². The van der Waals surface area contributed by atoms with Crippen molar-refractivity contribution in [3.05, 3.63) is 251 Å². The number of nitrogens with two attached hydrogens (primary N) is 2. The minimum absolute atomic E-state index is 0.0118. The second-order valence-corrected chi connectivity index (χ2v) is 53.2. The zero-order valence-electron chi connectivity index (χ0n) is 71.2. The Balaban J connectivity index is 0.000000147. The molecule has 4 spiro atoms. The predicted octanol–water partition coefficient (Wildman–Crippen LogP) is 20.0. The third-order valence-corrected chi connectivity index (χ3v) is 43.6. The maximum Gasteiger partial charge on any atom is -0.0134 e. The summed E-state index contributed by atoms with van der Waals surface area (Å²) in [7, 11) is 15.6. The minimum Gasteiger partial charge on any atom is -0.0622 e. The number of hydrogen-bond donors (Lipinski definition) is 2. The fourth-order valence-electron chi connectivity index (χ4n) is 18.6. The molecule has 8 aromatic rings. The molecule has 6 aliphatic carbocycles. The van der Waals surface area contributed by atoms with Crippen LogP contribution in [0.5, 0.6) is 0 Å². The third-order valence-electron chi connectivity index (χ3n) is 25.0. The average molecular weight is 1940 g/mol. The molecule has 8 aromatic carbocycles. The van der Waals surface area contributed by atoms with Crippen LogP contribution in [-0.4, -0.2) is 118 Å². The molecule has 2 aliphatic heterocycles. The van der Waals surface area contributed by atoms with E-state index in [4.69, 9.17) is 59.5 Å². The maximum absolute atomic E-state index is 14.2. The van der Waals surface area contributed by atoms with Gasteiger partial charge in [0, 0.05) is 55.2 Å². The van der Waals surface area contributed by atoms with Crippen molar-refractivity contribution in [3.8, 4) is 21.7 Å². The Morgan fingerprint density at radius 3 is 1.12 bits per heavy atom. The van der Waals surface area contributed by atoms with Gasteiger partial charge in [-0.3, -0.25) is 19.4 Å². The van der Waals surface area contributed by atoms with Gasteiger partial charge in [-0.2, -0.15) is 0 Å². The van der Waals surface area contributed by atoms with Gasteiger partial charge in [0.2, 0.25) is 0 Å². The van der Waals surface area contributed by atoms with Gasteiger partial charge in [0.25, 0.3) is 11.8 Å². The molecule has 0 saturated heterocycles. The van der Waals surface area contributed by atoms with Crippen LogP contribution < -0.4 is 43.3 Å². The molecule has 4 unspecified atom stereocenters. The van der Waals surface area contributed by atoms with Crippen LogP contribution in [0.3, 0.4) is 0 Å². The number of rotatable bonds is 23. The van der Waals surface area contributed by atoms with E-state index in [1.54, 1.807) is 51.5 Å². The number of ether oxygens (including phenoxy) is 4. The largest absolute Gasteiger partial charge is 0.0622 e. The molecule has 4 saturated carbocycles. The van der Waals surface area contributed by atoms with Gasteiger partial charge in [-0.25, -0.2) is 9.98 Å². The van der Waals surface area contributed by atoms with Gasteiger partial charge in [0.05, 0.1) is 37.5 Å². The quantitative estimate of drug-likeness (QED) is 0.0364. The van der Waals surface area contributed by atoms with Crippen LogP contribution in [0.4, 0.5) is 0 Å². The van der Waals surface area contributed by atoms with Crippen molar-refractivity contribution < 1.29 is 44.5 Å². The monoisotopic (exact) mass is 1940 g/mol. The van der Waals surface area contributed by atoms with E-state index >= 15 is 0 Å². The van der Waals surface area contributed by atoms with E-state index < -0.39 is 45.3 Å². The molecule has 634 valence electrons. The van der Waals surface area contributed by atoms with Crippen LogP contribution in [0, 0.1) is 44.4 Å². The van der Waals surface area contributed by atoms with Crippen LogP contribution in [0.25, 0.3) is 0 Å². The molecule has 8 aliphatic rings. The number of nitrogens with zero attached hydrogens (tertiary/aromatic N) is 4. The summed E-state index contributed by atoms with van der Waals surface area (Å²) in [6.45, 7) is 11.8. The standard InChI is InChI=1S/C26H33N3O3.C21H28BrN3O3.2C18H15P.C5H5.3C4H9.2ClH.Pd.Sn/c1-17(16-31-2)29-23(30)26(28-24(29)27)22-14-19(7-6-18-4-5-18)8-9-20(22)15-25(26)12-10-21(32-3)11-13-25;1-13(12-27-2)25-18(26)21(24-19(25)23)17-10-15(22)5-4-14(17)11-20(21)8-6-16(28-3)7-9-20;2*1-4-10-16(11-5-1)19(17-12-6-2-7-13-17)18-14-8-3-9-15-18;1-2-5-3-4-5;3*1-3-4-2;;;;/h8-9,14,17-18,21H,4-5,10-13,15-16H2,1-3H3,(H2,27,28);4-5,10,13,16H,6-9,11-12H2,1-3H3,(H2,23,24);2*1-15H;5H,3-4H2;3*1,3-4H2,2H3;2*1H;;/q;;;;;;;;;;+2;/p-2. The third kappa shape index (κ3) is 22.8. The molecular weight excluding hydrogens is 1820 g/mol. The number of guanidine groups is 2. The first kappa shape index (κ1) is 93.7. The fourth-order valence-corrected chi connectivity index (χ4v) is 37.0. The Hall–Kier alpha value is -6.02. The summed E-state index contributed by atoms with van der Waals surface area (Å²) in [5.41, 5.74) is 15.7. The number of amides is 2. The number of aliphatic imine (C=N–C) groups is 2. The van der Waals surface area contributed by atoms with Crippen LogP contribution in [0.15, 0.2) is 233 Å². The number of carbonyl (C=O) groups is 2. The summed E-state index contributed by atoms with van der Waals surface area (Å²) in [5.74, 6) is 12.3. The first-order valence-electron chi connectivity index (χ1n) is 43.0. The van der Waals surface area contributed by atoms with Crippen molar-refractivity contribution in [2.75, 3.05) is 41.7 Å². The number of methoxy groups -OCH3 is 4. The minimum atomic E-state index is -2.07.